The summed E-state index contributed by atoms with van der Waals surface area (Å²) >= 11 is 0. The Labute approximate surface area is 160 Å². The summed E-state index contributed by atoms with van der Waals surface area (Å²) in [5, 5.41) is 2.90. The Bertz CT molecular complexity index is 748. The van der Waals surface area contributed by atoms with Gasteiger partial charge in [0, 0.05) is 25.1 Å². The van der Waals surface area contributed by atoms with Gasteiger partial charge in [-0.1, -0.05) is 48.5 Å². The molecular formula is C22H26N2O3. The van der Waals surface area contributed by atoms with Crippen LogP contribution in [0.1, 0.15) is 25.7 Å². The molecule has 1 saturated heterocycles. The third kappa shape index (κ3) is 5.66. The van der Waals surface area contributed by atoms with E-state index in [1.165, 1.54) is 0 Å². The number of ether oxygens (including phenoxy) is 1. The molecule has 1 aliphatic heterocycles. The summed E-state index contributed by atoms with van der Waals surface area (Å²) in [5.41, 5.74) is 2.76. The Morgan fingerprint density at radius 1 is 1.07 bits per heavy atom. The number of anilines is 1. The average molecular weight is 366 g/mol. The SMILES string of the molecule is O=CCCN1CCCC(OC(=O)Nc2ccccc2-c2ccccc2)CC1. The van der Waals surface area contributed by atoms with Crippen LogP contribution in [-0.2, 0) is 9.53 Å². The molecule has 27 heavy (non-hydrogen) atoms. The molecular weight excluding hydrogens is 340 g/mol. The molecule has 1 N–H and O–H groups in total. The number of para-hydroxylation sites is 1. The molecule has 2 aromatic rings. The molecule has 0 aromatic heterocycles. The first kappa shape index (κ1) is 19.1. The molecule has 0 saturated carbocycles. The predicted molar refractivity (Wildman–Crippen MR) is 107 cm³/mol. The number of rotatable bonds is 6. The van der Waals surface area contributed by atoms with Crippen molar-refractivity contribution in [1.29, 1.82) is 0 Å². The summed E-state index contributed by atoms with van der Waals surface area (Å²) in [6.07, 6.45) is 3.63. The minimum Gasteiger partial charge on any atom is -0.446 e. The number of carbonyl (C=O) groups excluding carboxylic acids is 2. The number of nitrogens with zero attached hydrogens (tertiary/aromatic N) is 1. The third-order valence-corrected chi connectivity index (χ3v) is 4.85. The van der Waals surface area contributed by atoms with Crippen molar-refractivity contribution in [3.63, 3.8) is 0 Å². The summed E-state index contributed by atoms with van der Waals surface area (Å²) in [5.74, 6) is 0. The summed E-state index contributed by atoms with van der Waals surface area (Å²) in [7, 11) is 0. The van der Waals surface area contributed by atoms with Gasteiger partial charge in [-0.25, -0.2) is 4.79 Å². The van der Waals surface area contributed by atoms with Gasteiger partial charge in [-0.3, -0.25) is 5.32 Å². The van der Waals surface area contributed by atoms with Gasteiger partial charge in [0.15, 0.2) is 0 Å². The molecule has 1 aliphatic rings. The van der Waals surface area contributed by atoms with E-state index in [4.69, 9.17) is 4.74 Å². The van der Waals surface area contributed by atoms with Gasteiger partial charge < -0.3 is 14.4 Å². The Hall–Kier alpha value is -2.66. The lowest BCUT2D eigenvalue weighted by Gasteiger charge is -2.19. The molecule has 142 valence electrons. The second-order valence-electron chi connectivity index (χ2n) is 6.79. The van der Waals surface area contributed by atoms with E-state index in [0.29, 0.717) is 6.42 Å². The van der Waals surface area contributed by atoms with Crippen molar-refractivity contribution >= 4 is 18.1 Å². The van der Waals surface area contributed by atoms with Crippen molar-refractivity contribution in [2.24, 2.45) is 0 Å². The number of nitrogens with one attached hydrogen (secondary N) is 1. The van der Waals surface area contributed by atoms with Crippen molar-refractivity contribution in [2.75, 3.05) is 25.0 Å². The van der Waals surface area contributed by atoms with Crippen molar-refractivity contribution in [3.8, 4) is 11.1 Å². The molecule has 0 aliphatic carbocycles. The second kappa shape index (κ2) is 9.88. The van der Waals surface area contributed by atoms with E-state index >= 15 is 0 Å². The smallest absolute Gasteiger partial charge is 0.411 e. The fourth-order valence-electron chi connectivity index (χ4n) is 3.45. The van der Waals surface area contributed by atoms with Gasteiger partial charge in [-0.05, 0) is 37.4 Å². The lowest BCUT2D eigenvalue weighted by molar-refractivity contribution is -0.108. The third-order valence-electron chi connectivity index (χ3n) is 4.85. The number of likely N-dealkylation sites (tertiary alicyclic amines) is 1. The molecule has 5 heteroatoms. The summed E-state index contributed by atoms with van der Waals surface area (Å²) in [6.45, 7) is 2.59. The Morgan fingerprint density at radius 2 is 1.85 bits per heavy atom. The van der Waals surface area contributed by atoms with Crippen LogP contribution in [0.3, 0.4) is 0 Å². The monoisotopic (exact) mass is 366 g/mol. The quantitative estimate of drug-likeness (QED) is 0.773. The van der Waals surface area contributed by atoms with Gasteiger partial charge in [-0.2, -0.15) is 0 Å². The highest BCUT2D eigenvalue weighted by Crippen LogP contribution is 2.28. The van der Waals surface area contributed by atoms with E-state index in [2.05, 4.69) is 10.2 Å². The van der Waals surface area contributed by atoms with Gasteiger partial charge in [-0.15, -0.1) is 0 Å². The minimum absolute atomic E-state index is 0.0879. The zero-order chi connectivity index (χ0) is 18.9. The van der Waals surface area contributed by atoms with Crippen molar-refractivity contribution in [2.45, 2.75) is 31.8 Å². The molecule has 5 nitrogen and oxygen atoms in total. The number of hydrogen-bond acceptors (Lipinski definition) is 4. The molecule has 1 unspecified atom stereocenters. The van der Waals surface area contributed by atoms with Crippen LogP contribution < -0.4 is 5.32 Å². The molecule has 1 atom stereocenters. The first-order valence-corrected chi connectivity index (χ1v) is 9.54. The number of benzene rings is 2. The maximum absolute atomic E-state index is 12.4. The van der Waals surface area contributed by atoms with Crippen LogP contribution in [0.15, 0.2) is 54.6 Å². The molecule has 0 radical (unpaired) electrons. The van der Waals surface area contributed by atoms with Crippen LogP contribution in [0.4, 0.5) is 10.5 Å². The largest absolute Gasteiger partial charge is 0.446 e. The number of hydrogen-bond donors (Lipinski definition) is 1. The molecule has 3 rings (SSSR count). The van der Waals surface area contributed by atoms with E-state index in [0.717, 1.165) is 62.0 Å². The normalized spacial score (nSPS) is 17.7. The van der Waals surface area contributed by atoms with Crippen LogP contribution in [0.25, 0.3) is 11.1 Å². The topological polar surface area (TPSA) is 58.6 Å². The number of carbonyl (C=O) groups is 2. The van der Waals surface area contributed by atoms with Gasteiger partial charge in [0.05, 0.1) is 5.69 Å². The summed E-state index contributed by atoms with van der Waals surface area (Å²) in [4.78, 5) is 25.2. The molecule has 0 spiro atoms. The molecule has 1 fully saturated rings. The Kier molecular flexibility index (Phi) is 6.99. The highest BCUT2D eigenvalue weighted by Gasteiger charge is 2.20. The maximum Gasteiger partial charge on any atom is 0.411 e. The van der Waals surface area contributed by atoms with Crippen LogP contribution >= 0.6 is 0 Å². The van der Waals surface area contributed by atoms with Gasteiger partial charge in [0.2, 0.25) is 0 Å². The maximum atomic E-state index is 12.4. The zero-order valence-corrected chi connectivity index (χ0v) is 15.5. The summed E-state index contributed by atoms with van der Waals surface area (Å²) < 4.78 is 5.67. The lowest BCUT2D eigenvalue weighted by Crippen LogP contribution is -2.27. The number of amides is 1. The van der Waals surface area contributed by atoms with E-state index in [1.54, 1.807) is 0 Å². The average Bonchev–Trinajstić information content (AvgIpc) is 2.92. The molecule has 1 heterocycles. The highest BCUT2D eigenvalue weighted by molar-refractivity contribution is 5.91. The first-order chi connectivity index (χ1) is 13.3. The first-order valence-electron chi connectivity index (χ1n) is 9.54. The van der Waals surface area contributed by atoms with E-state index in [1.807, 2.05) is 54.6 Å². The lowest BCUT2D eigenvalue weighted by atomic mass is 10.0. The predicted octanol–water partition coefficient (Wildman–Crippen LogP) is 4.35. The van der Waals surface area contributed by atoms with E-state index in [9.17, 15) is 9.59 Å². The number of aldehydes is 1. The van der Waals surface area contributed by atoms with Crippen molar-refractivity contribution in [1.82, 2.24) is 4.90 Å². The van der Waals surface area contributed by atoms with E-state index < -0.39 is 6.09 Å². The zero-order valence-electron chi connectivity index (χ0n) is 15.5. The van der Waals surface area contributed by atoms with Gasteiger partial charge in [0.1, 0.15) is 12.4 Å². The van der Waals surface area contributed by atoms with Crippen LogP contribution in [-0.4, -0.2) is 43.0 Å². The Balaban J connectivity index is 1.58. The molecule has 2 aromatic carbocycles. The van der Waals surface area contributed by atoms with Crippen molar-refractivity contribution < 1.29 is 14.3 Å². The van der Waals surface area contributed by atoms with Gasteiger partial charge in [0.25, 0.3) is 0 Å². The van der Waals surface area contributed by atoms with Crippen LogP contribution in [0.5, 0.6) is 0 Å². The van der Waals surface area contributed by atoms with Crippen LogP contribution in [0.2, 0.25) is 0 Å². The summed E-state index contributed by atoms with van der Waals surface area (Å²) in [6, 6.07) is 17.7. The minimum atomic E-state index is -0.412. The second-order valence-corrected chi connectivity index (χ2v) is 6.79. The molecule has 1 amide bonds. The van der Waals surface area contributed by atoms with Crippen LogP contribution in [0, 0.1) is 0 Å². The van der Waals surface area contributed by atoms with Gasteiger partial charge >= 0.3 is 6.09 Å². The fourth-order valence-corrected chi connectivity index (χ4v) is 3.45. The molecule has 0 bridgehead atoms. The Morgan fingerprint density at radius 3 is 2.67 bits per heavy atom. The van der Waals surface area contributed by atoms with E-state index in [-0.39, 0.29) is 6.10 Å². The fraction of sp³-hybridized carbons (Fsp3) is 0.364. The van der Waals surface area contributed by atoms with Crippen molar-refractivity contribution in [3.05, 3.63) is 54.6 Å². The highest BCUT2D eigenvalue weighted by atomic mass is 16.6. The standard InChI is InChI=1S/C22H26N2O3/c25-17-7-15-24-14-6-10-19(13-16-24)27-22(26)23-21-12-5-4-11-20(21)18-8-2-1-3-9-18/h1-5,8-9,11-12,17,19H,6-7,10,13-16H2,(H,23,26).